The van der Waals surface area contributed by atoms with Crippen molar-refractivity contribution in [3.63, 3.8) is 0 Å². The van der Waals surface area contributed by atoms with Gasteiger partial charge in [-0.3, -0.25) is 0 Å². The average Bonchev–Trinajstić information content (AvgIpc) is 2.65. The topological polar surface area (TPSA) is 9.23 Å². The van der Waals surface area contributed by atoms with Gasteiger partial charge >= 0.3 is 12.3 Å². The van der Waals surface area contributed by atoms with Crippen LogP contribution >= 0.6 is 0 Å². The molecule has 0 unspecified atom stereocenters. The maximum absolute atomic E-state index is 14.7. The molecule has 0 spiro atoms. The highest BCUT2D eigenvalue weighted by Crippen LogP contribution is 2.46. The zero-order valence-corrected chi connectivity index (χ0v) is 18.1. The molecule has 188 valence electrons. The molecule has 0 aliphatic heterocycles. The van der Waals surface area contributed by atoms with Crippen LogP contribution in [0.1, 0.15) is 70.3 Å². The van der Waals surface area contributed by atoms with Crippen LogP contribution in [-0.4, -0.2) is 12.3 Å². The van der Waals surface area contributed by atoms with Gasteiger partial charge in [-0.2, -0.15) is 22.0 Å². The van der Waals surface area contributed by atoms with E-state index in [1.165, 1.54) is 0 Å². The predicted octanol–water partition coefficient (Wildman–Crippen LogP) is 8.61. The summed E-state index contributed by atoms with van der Waals surface area (Å²) in [7, 11) is 0. The van der Waals surface area contributed by atoms with Crippen LogP contribution in [0.25, 0.3) is 0 Å². The van der Waals surface area contributed by atoms with E-state index >= 15 is 0 Å². The Morgan fingerprint density at radius 3 is 1.67 bits per heavy atom. The molecule has 0 radical (unpaired) electrons. The van der Waals surface area contributed by atoms with Crippen molar-refractivity contribution in [1.29, 1.82) is 0 Å². The number of hydrogen-bond donors (Lipinski definition) is 0. The average molecular weight is 490 g/mol. The lowest BCUT2D eigenvalue weighted by Crippen LogP contribution is -2.38. The molecule has 0 atom stereocenters. The lowest BCUT2D eigenvalue weighted by molar-refractivity contribution is -0.224. The second-order valence-electron chi connectivity index (χ2n) is 9.55. The molecular weight excluding hydrogens is 463 g/mol. The molecule has 2 aliphatic rings. The van der Waals surface area contributed by atoms with Gasteiger partial charge in [-0.25, -0.2) is 17.6 Å². The minimum absolute atomic E-state index is 0.0748. The van der Waals surface area contributed by atoms with Gasteiger partial charge in [-0.1, -0.05) is 19.8 Å². The highest BCUT2D eigenvalue weighted by atomic mass is 19.4. The molecule has 0 bridgehead atoms. The Morgan fingerprint density at radius 1 is 0.758 bits per heavy atom. The third-order valence-corrected chi connectivity index (χ3v) is 7.03. The molecule has 33 heavy (non-hydrogen) atoms. The first-order chi connectivity index (χ1) is 15.2. The Morgan fingerprint density at radius 2 is 1.21 bits per heavy atom. The molecule has 0 amide bonds. The largest absolute Gasteiger partial charge is 0.432 e. The molecule has 10 heteroatoms. The molecule has 2 aliphatic carbocycles. The molecule has 0 N–H and O–H groups in total. The first-order valence-corrected chi connectivity index (χ1v) is 11.2. The van der Waals surface area contributed by atoms with E-state index in [0.717, 1.165) is 25.7 Å². The van der Waals surface area contributed by atoms with Crippen LogP contribution in [0.15, 0.2) is 12.1 Å². The highest BCUT2D eigenvalue weighted by molar-refractivity contribution is 5.33. The van der Waals surface area contributed by atoms with Crippen molar-refractivity contribution in [1.82, 2.24) is 0 Å². The van der Waals surface area contributed by atoms with Gasteiger partial charge in [-0.05, 0) is 56.3 Å². The third-order valence-electron chi connectivity index (χ3n) is 7.03. The Bertz CT molecular complexity index is 782. The first kappa shape index (κ1) is 26.0. The molecule has 0 saturated heterocycles. The first-order valence-electron chi connectivity index (χ1n) is 11.2. The minimum Gasteiger partial charge on any atom is -0.432 e. The lowest BCUT2D eigenvalue weighted by Gasteiger charge is -2.38. The molecule has 1 nitrogen and oxygen atoms in total. The van der Waals surface area contributed by atoms with Gasteiger partial charge in [0.25, 0.3) is 5.92 Å². The maximum atomic E-state index is 14.7. The molecular formula is C23H27F9O. The summed E-state index contributed by atoms with van der Waals surface area (Å²) in [6.45, 7) is 2.20. The van der Waals surface area contributed by atoms with Gasteiger partial charge in [0.15, 0.2) is 0 Å². The van der Waals surface area contributed by atoms with Crippen LogP contribution in [-0.2, 0) is 5.92 Å². The molecule has 2 saturated carbocycles. The Hall–Kier alpha value is -1.61. The van der Waals surface area contributed by atoms with E-state index in [-0.39, 0.29) is 25.0 Å². The molecule has 1 aromatic carbocycles. The van der Waals surface area contributed by atoms with Crippen LogP contribution < -0.4 is 4.74 Å². The molecule has 0 aromatic heterocycles. The number of hydrogen-bond acceptors (Lipinski definition) is 1. The molecule has 0 heterocycles. The molecule has 3 rings (SSSR count). The lowest BCUT2D eigenvalue weighted by atomic mass is 9.69. The van der Waals surface area contributed by atoms with Crippen molar-refractivity contribution in [3.8, 4) is 5.75 Å². The van der Waals surface area contributed by atoms with Crippen molar-refractivity contribution in [3.05, 3.63) is 29.3 Å². The second kappa shape index (κ2) is 9.56. The Labute approximate surface area is 186 Å². The molecule has 2 fully saturated rings. The van der Waals surface area contributed by atoms with E-state index in [2.05, 4.69) is 11.7 Å². The van der Waals surface area contributed by atoms with Crippen LogP contribution in [0.2, 0.25) is 0 Å². The summed E-state index contributed by atoms with van der Waals surface area (Å²) in [4.78, 5) is 0. The van der Waals surface area contributed by atoms with Crippen molar-refractivity contribution in [2.75, 3.05) is 0 Å². The van der Waals surface area contributed by atoms with Gasteiger partial charge in [0.05, 0.1) is 11.5 Å². The summed E-state index contributed by atoms with van der Waals surface area (Å²) in [5.41, 5.74) is -2.13. The number of halogens is 9. The minimum atomic E-state index is -5.39. The smallest absolute Gasteiger partial charge is 0.400 e. The summed E-state index contributed by atoms with van der Waals surface area (Å²) in [6.07, 6.45) is -6.12. The number of benzene rings is 1. The van der Waals surface area contributed by atoms with Crippen molar-refractivity contribution in [2.24, 2.45) is 23.7 Å². The third kappa shape index (κ3) is 6.50. The van der Waals surface area contributed by atoms with E-state index < -0.39 is 53.5 Å². The SMILES string of the molecule is CC1CCC(C2CCC(C(F)(F)Oc3cc(F)c(C(F)(F)CC(F)(F)F)c(F)c3)CC2)CC1. The maximum Gasteiger partial charge on any atom is 0.400 e. The summed E-state index contributed by atoms with van der Waals surface area (Å²) in [6, 6.07) is 0.150. The summed E-state index contributed by atoms with van der Waals surface area (Å²) >= 11 is 0. The monoisotopic (exact) mass is 490 g/mol. The van der Waals surface area contributed by atoms with Crippen LogP contribution in [0.5, 0.6) is 5.75 Å². The van der Waals surface area contributed by atoms with Gasteiger partial charge in [0.2, 0.25) is 0 Å². The van der Waals surface area contributed by atoms with Crippen molar-refractivity contribution < 1.29 is 44.3 Å². The predicted molar refractivity (Wildman–Crippen MR) is 103 cm³/mol. The van der Waals surface area contributed by atoms with Crippen LogP contribution in [0.4, 0.5) is 39.5 Å². The standard InChI is InChI=1S/C23H27F9O/c1-13-2-4-14(5-3-13)15-6-8-16(9-7-15)23(31,32)33-17-10-18(24)20(19(25)11-17)21(26,27)12-22(28,29)30/h10-11,13-16H,2-9,12H2,1H3. The zero-order valence-electron chi connectivity index (χ0n) is 18.1. The summed E-state index contributed by atoms with van der Waals surface area (Å²) in [5, 5.41) is 0. The van der Waals surface area contributed by atoms with Gasteiger partial charge < -0.3 is 4.74 Å². The summed E-state index contributed by atoms with van der Waals surface area (Å²) < 4.78 is 126. The Kier molecular flexibility index (Phi) is 7.54. The van der Waals surface area contributed by atoms with Crippen molar-refractivity contribution in [2.45, 2.75) is 82.9 Å². The van der Waals surface area contributed by atoms with Crippen LogP contribution in [0.3, 0.4) is 0 Å². The highest BCUT2D eigenvalue weighted by Gasteiger charge is 2.49. The fourth-order valence-electron chi connectivity index (χ4n) is 5.22. The van der Waals surface area contributed by atoms with Crippen LogP contribution in [0, 0.1) is 35.3 Å². The summed E-state index contributed by atoms with van der Waals surface area (Å²) in [5.74, 6) is -9.80. The zero-order chi connectivity index (χ0) is 24.6. The van der Waals surface area contributed by atoms with E-state index in [4.69, 9.17) is 0 Å². The normalized spacial score (nSPS) is 27.5. The van der Waals surface area contributed by atoms with Crippen molar-refractivity contribution >= 4 is 0 Å². The number of alkyl halides is 7. The quantitative estimate of drug-likeness (QED) is 0.363. The van der Waals surface area contributed by atoms with E-state index in [1.807, 2.05) is 0 Å². The van der Waals surface area contributed by atoms with E-state index in [9.17, 15) is 39.5 Å². The van der Waals surface area contributed by atoms with E-state index in [1.54, 1.807) is 0 Å². The fraction of sp³-hybridized carbons (Fsp3) is 0.739. The second-order valence-corrected chi connectivity index (χ2v) is 9.55. The number of ether oxygens (including phenoxy) is 1. The van der Waals surface area contributed by atoms with Gasteiger partial charge in [0, 0.05) is 12.1 Å². The van der Waals surface area contributed by atoms with Gasteiger partial charge in [-0.15, -0.1) is 0 Å². The van der Waals surface area contributed by atoms with E-state index in [0.29, 0.717) is 30.6 Å². The van der Waals surface area contributed by atoms with Gasteiger partial charge in [0.1, 0.15) is 23.8 Å². The number of rotatable bonds is 6. The fourth-order valence-corrected chi connectivity index (χ4v) is 5.22. The molecule has 1 aromatic rings. The Balaban J connectivity index is 1.65.